The number of nitrogens with zero attached hydrogens (tertiary/aromatic N) is 1. The van der Waals surface area contributed by atoms with Crippen LogP contribution in [0.15, 0.2) is 12.1 Å². The average Bonchev–Trinajstić information content (AvgIpc) is 2.48. The van der Waals surface area contributed by atoms with Crippen LogP contribution in [0.5, 0.6) is 0 Å². The minimum absolute atomic E-state index is 0.209. The van der Waals surface area contributed by atoms with Crippen molar-refractivity contribution in [3.05, 3.63) is 27.1 Å². The average molecular weight is 200 g/mol. The Kier molecular flexibility index (Phi) is 3.39. The highest BCUT2D eigenvalue weighted by atomic mass is 32.1. The van der Waals surface area contributed by atoms with Crippen molar-refractivity contribution in [1.82, 2.24) is 5.32 Å². The van der Waals surface area contributed by atoms with Gasteiger partial charge in [0.15, 0.2) is 0 Å². The molecule has 1 N–H and O–H groups in total. The SMILES string of the molecule is CC(C)NCc1ccc([N+](=O)[O-])s1. The third kappa shape index (κ3) is 3.12. The molecule has 0 saturated carbocycles. The van der Waals surface area contributed by atoms with Crippen molar-refractivity contribution in [2.75, 3.05) is 0 Å². The summed E-state index contributed by atoms with van der Waals surface area (Å²) in [7, 11) is 0. The minimum Gasteiger partial charge on any atom is -0.310 e. The van der Waals surface area contributed by atoms with E-state index in [2.05, 4.69) is 5.32 Å². The highest BCUT2D eigenvalue weighted by Gasteiger charge is 2.09. The zero-order valence-electron chi connectivity index (χ0n) is 7.61. The van der Waals surface area contributed by atoms with Crippen LogP contribution in [-0.2, 0) is 6.54 Å². The van der Waals surface area contributed by atoms with Crippen molar-refractivity contribution in [2.45, 2.75) is 26.4 Å². The molecule has 0 fully saturated rings. The standard InChI is InChI=1S/C8H12N2O2S/c1-6(2)9-5-7-3-4-8(13-7)10(11)12/h3-4,6,9H,5H2,1-2H3. The Balaban J connectivity index is 2.54. The number of thiophene rings is 1. The molecular weight excluding hydrogens is 188 g/mol. The van der Waals surface area contributed by atoms with E-state index in [1.54, 1.807) is 12.1 Å². The molecular formula is C8H12N2O2S. The lowest BCUT2D eigenvalue weighted by atomic mass is 10.4. The molecule has 0 aliphatic heterocycles. The highest BCUT2D eigenvalue weighted by molar-refractivity contribution is 7.15. The summed E-state index contributed by atoms with van der Waals surface area (Å²) in [5.41, 5.74) is 0. The molecule has 0 aliphatic rings. The zero-order valence-corrected chi connectivity index (χ0v) is 8.43. The van der Waals surface area contributed by atoms with E-state index in [0.29, 0.717) is 12.6 Å². The van der Waals surface area contributed by atoms with Gasteiger partial charge in [0.05, 0.1) is 4.92 Å². The van der Waals surface area contributed by atoms with Crippen molar-refractivity contribution in [1.29, 1.82) is 0 Å². The normalized spacial score (nSPS) is 10.7. The first-order valence-electron chi connectivity index (χ1n) is 4.06. The Labute approximate surface area is 80.7 Å². The van der Waals surface area contributed by atoms with Crippen molar-refractivity contribution in [3.8, 4) is 0 Å². The lowest BCUT2D eigenvalue weighted by molar-refractivity contribution is -0.380. The lowest BCUT2D eigenvalue weighted by Gasteiger charge is -2.04. The fourth-order valence-corrected chi connectivity index (χ4v) is 1.64. The second-order valence-electron chi connectivity index (χ2n) is 3.03. The third-order valence-corrected chi connectivity index (χ3v) is 2.55. The Morgan fingerprint density at radius 3 is 2.77 bits per heavy atom. The van der Waals surface area contributed by atoms with Gasteiger partial charge in [-0.05, 0) is 6.07 Å². The summed E-state index contributed by atoms with van der Waals surface area (Å²) in [6.45, 7) is 4.79. The molecule has 72 valence electrons. The third-order valence-electron chi connectivity index (χ3n) is 1.51. The molecule has 0 amide bonds. The molecule has 0 aromatic carbocycles. The second-order valence-corrected chi connectivity index (χ2v) is 4.18. The fraction of sp³-hybridized carbons (Fsp3) is 0.500. The van der Waals surface area contributed by atoms with Gasteiger partial charge in [-0.1, -0.05) is 25.2 Å². The second kappa shape index (κ2) is 4.34. The molecule has 13 heavy (non-hydrogen) atoms. The minimum atomic E-state index is -0.358. The summed E-state index contributed by atoms with van der Waals surface area (Å²) in [5, 5.41) is 13.8. The van der Waals surface area contributed by atoms with E-state index >= 15 is 0 Å². The summed E-state index contributed by atoms with van der Waals surface area (Å²) in [6.07, 6.45) is 0. The van der Waals surface area contributed by atoms with E-state index in [9.17, 15) is 10.1 Å². The van der Waals surface area contributed by atoms with E-state index in [4.69, 9.17) is 0 Å². The number of nitro groups is 1. The summed E-state index contributed by atoms with van der Waals surface area (Å²) >= 11 is 1.22. The molecule has 0 radical (unpaired) electrons. The maximum Gasteiger partial charge on any atom is 0.324 e. The van der Waals surface area contributed by atoms with Crippen LogP contribution in [0.2, 0.25) is 0 Å². The number of nitrogens with one attached hydrogen (secondary N) is 1. The molecule has 0 spiro atoms. The van der Waals surface area contributed by atoms with Crippen molar-refractivity contribution >= 4 is 16.3 Å². The van der Waals surface area contributed by atoms with Crippen LogP contribution in [0, 0.1) is 10.1 Å². The van der Waals surface area contributed by atoms with Crippen LogP contribution < -0.4 is 5.32 Å². The largest absolute Gasteiger partial charge is 0.324 e. The monoisotopic (exact) mass is 200 g/mol. The van der Waals surface area contributed by atoms with E-state index < -0.39 is 0 Å². The predicted octanol–water partition coefficient (Wildman–Crippen LogP) is 2.15. The first kappa shape index (κ1) is 10.1. The van der Waals surface area contributed by atoms with Gasteiger partial charge in [-0.15, -0.1) is 0 Å². The molecule has 1 aromatic rings. The molecule has 0 atom stereocenters. The molecule has 0 unspecified atom stereocenters. The number of hydrogen-bond donors (Lipinski definition) is 1. The summed E-state index contributed by atoms with van der Waals surface area (Å²) in [5.74, 6) is 0. The van der Waals surface area contributed by atoms with Gasteiger partial charge in [0.2, 0.25) is 0 Å². The van der Waals surface area contributed by atoms with Gasteiger partial charge in [0.25, 0.3) is 0 Å². The van der Waals surface area contributed by atoms with E-state index in [1.165, 1.54) is 11.3 Å². The lowest BCUT2D eigenvalue weighted by Crippen LogP contribution is -2.21. The van der Waals surface area contributed by atoms with Gasteiger partial charge in [-0.25, -0.2) is 0 Å². The Bertz CT molecular complexity index is 296. The van der Waals surface area contributed by atoms with Crippen LogP contribution in [-0.4, -0.2) is 11.0 Å². The first-order chi connectivity index (χ1) is 6.09. The van der Waals surface area contributed by atoms with Crippen molar-refractivity contribution < 1.29 is 4.92 Å². The van der Waals surface area contributed by atoms with Crippen LogP contribution in [0.3, 0.4) is 0 Å². The zero-order chi connectivity index (χ0) is 9.84. The predicted molar refractivity (Wildman–Crippen MR) is 52.9 cm³/mol. The van der Waals surface area contributed by atoms with Crippen LogP contribution in [0.1, 0.15) is 18.7 Å². The van der Waals surface area contributed by atoms with E-state index in [0.717, 1.165) is 4.88 Å². The molecule has 1 rings (SSSR count). The van der Waals surface area contributed by atoms with Gasteiger partial charge in [0.1, 0.15) is 0 Å². The summed E-state index contributed by atoms with van der Waals surface area (Å²) in [4.78, 5) is 11.0. The molecule has 0 saturated heterocycles. The maximum absolute atomic E-state index is 10.3. The summed E-state index contributed by atoms with van der Waals surface area (Å²) in [6, 6.07) is 3.74. The van der Waals surface area contributed by atoms with Gasteiger partial charge in [-0.2, -0.15) is 0 Å². The number of rotatable bonds is 4. The highest BCUT2D eigenvalue weighted by Crippen LogP contribution is 2.23. The van der Waals surface area contributed by atoms with Gasteiger partial charge in [0, 0.05) is 23.5 Å². The molecule has 1 heterocycles. The quantitative estimate of drug-likeness (QED) is 0.598. The maximum atomic E-state index is 10.3. The van der Waals surface area contributed by atoms with Gasteiger partial charge < -0.3 is 5.32 Å². The topological polar surface area (TPSA) is 55.2 Å². The molecule has 4 nitrogen and oxygen atoms in total. The van der Waals surface area contributed by atoms with Crippen LogP contribution in [0.4, 0.5) is 5.00 Å². The molecule has 0 aliphatic carbocycles. The van der Waals surface area contributed by atoms with E-state index in [-0.39, 0.29) is 9.92 Å². The number of hydrogen-bond acceptors (Lipinski definition) is 4. The van der Waals surface area contributed by atoms with Crippen molar-refractivity contribution in [3.63, 3.8) is 0 Å². The molecule has 1 aromatic heterocycles. The Morgan fingerprint density at radius 2 is 2.31 bits per heavy atom. The molecule has 5 heteroatoms. The van der Waals surface area contributed by atoms with E-state index in [1.807, 2.05) is 13.8 Å². The molecule has 0 bridgehead atoms. The Hall–Kier alpha value is -0.940. The van der Waals surface area contributed by atoms with Crippen molar-refractivity contribution in [2.24, 2.45) is 0 Å². The fourth-order valence-electron chi connectivity index (χ4n) is 0.864. The summed E-state index contributed by atoms with van der Waals surface area (Å²) < 4.78 is 0. The smallest absolute Gasteiger partial charge is 0.310 e. The van der Waals surface area contributed by atoms with Crippen LogP contribution in [0.25, 0.3) is 0 Å². The Morgan fingerprint density at radius 1 is 1.62 bits per heavy atom. The van der Waals surface area contributed by atoms with Gasteiger partial charge >= 0.3 is 5.00 Å². The van der Waals surface area contributed by atoms with Gasteiger partial charge in [-0.3, -0.25) is 10.1 Å². The van der Waals surface area contributed by atoms with Crippen LogP contribution >= 0.6 is 11.3 Å². The first-order valence-corrected chi connectivity index (χ1v) is 4.87.